The summed E-state index contributed by atoms with van der Waals surface area (Å²) in [5.41, 5.74) is -1.15. The van der Waals surface area contributed by atoms with Crippen LogP contribution in [0.2, 0.25) is 0 Å². The lowest BCUT2D eigenvalue weighted by Crippen LogP contribution is -2.61. The Hall–Kier alpha value is -0.840. The summed E-state index contributed by atoms with van der Waals surface area (Å²) in [4.78, 5) is 13.2. The third-order valence-corrected chi connectivity index (χ3v) is 3.32. The number of amides is 1. The van der Waals surface area contributed by atoms with E-state index in [2.05, 4.69) is 0 Å². The molecule has 2 heterocycles. The standard InChI is InChI=1S/C12H20FNO3/c1-11(2,3)17-10(15)14-6-4-12(5-7-16-12)9(13)8-14/h9H,4-8H2,1-3H3/t9-,12-/m1/s1. The zero-order valence-electron chi connectivity index (χ0n) is 10.7. The summed E-state index contributed by atoms with van der Waals surface area (Å²) in [5, 5.41) is 0. The van der Waals surface area contributed by atoms with Gasteiger partial charge in [-0.15, -0.1) is 0 Å². The summed E-state index contributed by atoms with van der Waals surface area (Å²) in [6.45, 7) is 6.63. The van der Waals surface area contributed by atoms with Gasteiger partial charge in [-0.3, -0.25) is 0 Å². The molecule has 17 heavy (non-hydrogen) atoms. The number of halogens is 1. The van der Waals surface area contributed by atoms with Crippen LogP contribution >= 0.6 is 0 Å². The normalized spacial score (nSPS) is 33.4. The molecule has 0 saturated carbocycles. The number of likely N-dealkylation sites (tertiary alicyclic amines) is 1. The second kappa shape index (κ2) is 4.12. The molecule has 5 heteroatoms. The average Bonchev–Trinajstić information content (AvgIpc) is 2.12. The third-order valence-electron chi connectivity index (χ3n) is 3.32. The molecule has 0 aromatic carbocycles. The van der Waals surface area contributed by atoms with Crippen LogP contribution in [0.1, 0.15) is 33.6 Å². The van der Waals surface area contributed by atoms with Crippen molar-refractivity contribution in [3.8, 4) is 0 Å². The molecule has 0 unspecified atom stereocenters. The molecule has 0 aromatic rings. The van der Waals surface area contributed by atoms with Gasteiger partial charge in [0, 0.05) is 13.0 Å². The van der Waals surface area contributed by atoms with Crippen LogP contribution in [0.5, 0.6) is 0 Å². The maximum absolute atomic E-state index is 14.0. The van der Waals surface area contributed by atoms with Crippen molar-refractivity contribution in [3.63, 3.8) is 0 Å². The molecular formula is C12H20FNO3. The van der Waals surface area contributed by atoms with Gasteiger partial charge >= 0.3 is 6.09 Å². The van der Waals surface area contributed by atoms with Crippen molar-refractivity contribution < 1.29 is 18.7 Å². The zero-order valence-corrected chi connectivity index (χ0v) is 10.7. The van der Waals surface area contributed by atoms with Crippen LogP contribution in [-0.2, 0) is 9.47 Å². The van der Waals surface area contributed by atoms with Crippen molar-refractivity contribution in [2.24, 2.45) is 0 Å². The van der Waals surface area contributed by atoms with E-state index in [0.29, 0.717) is 19.6 Å². The summed E-state index contributed by atoms with van der Waals surface area (Å²) < 4.78 is 24.5. The Balaban J connectivity index is 1.91. The molecule has 98 valence electrons. The number of nitrogens with zero attached hydrogens (tertiary/aromatic N) is 1. The Kier molecular flexibility index (Phi) is 3.06. The largest absolute Gasteiger partial charge is 0.444 e. The monoisotopic (exact) mass is 245 g/mol. The van der Waals surface area contributed by atoms with Crippen molar-refractivity contribution in [1.82, 2.24) is 4.90 Å². The molecule has 2 atom stereocenters. The predicted octanol–water partition coefficient (Wildman–Crippen LogP) is 2.12. The van der Waals surface area contributed by atoms with E-state index in [4.69, 9.17) is 9.47 Å². The fourth-order valence-corrected chi connectivity index (χ4v) is 2.23. The lowest BCUT2D eigenvalue weighted by molar-refractivity contribution is -0.206. The van der Waals surface area contributed by atoms with E-state index in [1.165, 1.54) is 4.90 Å². The van der Waals surface area contributed by atoms with E-state index in [9.17, 15) is 9.18 Å². The highest BCUT2D eigenvalue weighted by Crippen LogP contribution is 2.38. The minimum absolute atomic E-state index is 0.0783. The lowest BCUT2D eigenvalue weighted by atomic mass is 9.83. The summed E-state index contributed by atoms with van der Waals surface area (Å²) in [6, 6.07) is 0. The summed E-state index contributed by atoms with van der Waals surface area (Å²) in [6.07, 6.45) is -0.212. The lowest BCUT2D eigenvalue weighted by Gasteiger charge is -2.49. The van der Waals surface area contributed by atoms with Crippen molar-refractivity contribution in [1.29, 1.82) is 0 Å². The molecule has 2 aliphatic rings. The number of hydrogen-bond acceptors (Lipinski definition) is 3. The van der Waals surface area contributed by atoms with Crippen LogP contribution in [0.15, 0.2) is 0 Å². The number of hydrogen-bond donors (Lipinski definition) is 0. The molecule has 0 aliphatic carbocycles. The Bertz CT molecular complexity index is 309. The first-order valence-corrected chi connectivity index (χ1v) is 6.08. The smallest absolute Gasteiger partial charge is 0.410 e. The van der Waals surface area contributed by atoms with Gasteiger partial charge in [-0.2, -0.15) is 0 Å². The van der Waals surface area contributed by atoms with Gasteiger partial charge in [-0.05, 0) is 27.2 Å². The second-order valence-corrected chi connectivity index (χ2v) is 5.81. The molecule has 0 bridgehead atoms. The minimum Gasteiger partial charge on any atom is -0.444 e. The summed E-state index contributed by atoms with van der Waals surface area (Å²) in [5.74, 6) is 0. The van der Waals surface area contributed by atoms with E-state index < -0.39 is 23.5 Å². The van der Waals surface area contributed by atoms with E-state index in [1.807, 2.05) is 0 Å². The van der Waals surface area contributed by atoms with Gasteiger partial charge in [-0.25, -0.2) is 9.18 Å². The predicted molar refractivity (Wildman–Crippen MR) is 60.6 cm³/mol. The third kappa shape index (κ3) is 2.54. The van der Waals surface area contributed by atoms with E-state index in [-0.39, 0.29) is 6.54 Å². The van der Waals surface area contributed by atoms with Gasteiger partial charge in [0.2, 0.25) is 0 Å². The highest BCUT2D eigenvalue weighted by Gasteiger charge is 2.50. The molecule has 0 radical (unpaired) electrons. The zero-order chi connectivity index (χ0) is 12.7. The number of piperidine rings is 1. The fourth-order valence-electron chi connectivity index (χ4n) is 2.23. The van der Waals surface area contributed by atoms with Crippen molar-refractivity contribution in [2.75, 3.05) is 19.7 Å². The Morgan fingerprint density at radius 3 is 2.53 bits per heavy atom. The Morgan fingerprint density at radius 1 is 1.47 bits per heavy atom. The Morgan fingerprint density at radius 2 is 2.12 bits per heavy atom. The van der Waals surface area contributed by atoms with Gasteiger partial charge in [0.25, 0.3) is 0 Å². The van der Waals surface area contributed by atoms with Crippen molar-refractivity contribution in [2.45, 2.75) is 51.0 Å². The molecule has 1 spiro atoms. The van der Waals surface area contributed by atoms with Gasteiger partial charge in [0.15, 0.2) is 0 Å². The Labute approximate surface area is 101 Å². The van der Waals surface area contributed by atoms with E-state index >= 15 is 0 Å². The quantitative estimate of drug-likeness (QED) is 0.656. The summed E-state index contributed by atoms with van der Waals surface area (Å²) >= 11 is 0. The van der Waals surface area contributed by atoms with E-state index in [0.717, 1.165) is 6.42 Å². The first kappa shape index (κ1) is 12.6. The van der Waals surface area contributed by atoms with E-state index in [1.54, 1.807) is 20.8 Å². The first-order valence-electron chi connectivity index (χ1n) is 6.08. The highest BCUT2D eigenvalue weighted by atomic mass is 19.1. The van der Waals surface area contributed by atoms with Gasteiger partial charge in [-0.1, -0.05) is 0 Å². The SMILES string of the molecule is CC(C)(C)OC(=O)N1CC[C@@]2(CCO2)[C@H](F)C1. The number of ether oxygens (including phenoxy) is 2. The first-order chi connectivity index (χ1) is 7.82. The molecule has 2 aliphatic heterocycles. The molecule has 2 saturated heterocycles. The molecule has 0 aromatic heterocycles. The maximum atomic E-state index is 14.0. The highest BCUT2D eigenvalue weighted by molar-refractivity contribution is 5.68. The van der Waals surface area contributed by atoms with Crippen LogP contribution in [0.4, 0.5) is 9.18 Å². The van der Waals surface area contributed by atoms with Crippen LogP contribution in [0.3, 0.4) is 0 Å². The molecule has 1 amide bonds. The van der Waals surface area contributed by atoms with Gasteiger partial charge < -0.3 is 14.4 Å². The molecule has 0 N–H and O–H groups in total. The maximum Gasteiger partial charge on any atom is 0.410 e. The number of carbonyl (C=O) groups excluding carboxylic acids is 1. The summed E-state index contributed by atoms with van der Waals surface area (Å²) in [7, 11) is 0. The average molecular weight is 245 g/mol. The van der Waals surface area contributed by atoms with Crippen molar-refractivity contribution in [3.05, 3.63) is 0 Å². The van der Waals surface area contributed by atoms with Crippen LogP contribution < -0.4 is 0 Å². The number of carbonyl (C=O) groups is 1. The van der Waals surface area contributed by atoms with Crippen LogP contribution in [0.25, 0.3) is 0 Å². The van der Waals surface area contributed by atoms with Gasteiger partial charge in [0.05, 0.1) is 13.2 Å². The second-order valence-electron chi connectivity index (χ2n) is 5.81. The van der Waals surface area contributed by atoms with Crippen LogP contribution in [0, 0.1) is 0 Å². The van der Waals surface area contributed by atoms with Crippen molar-refractivity contribution >= 4 is 6.09 Å². The molecule has 2 fully saturated rings. The number of alkyl halides is 1. The van der Waals surface area contributed by atoms with Crippen LogP contribution in [-0.4, -0.2) is 48.1 Å². The molecule has 2 rings (SSSR count). The van der Waals surface area contributed by atoms with Gasteiger partial charge in [0.1, 0.15) is 17.4 Å². The molecular weight excluding hydrogens is 225 g/mol. The number of rotatable bonds is 0. The topological polar surface area (TPSA) is 38.8 Å². The fraction of sp³-hybridized carbons (Fsp3) is 0.917. The molecule has 4 nitrogen and oxygen atoms in total. The minimum atomic E-state index is -1.10.